The molecule has 1 aromatic rings. The van der Waals surface area contributed by atoms with Crippen LogP contribution in [0.4, 0.5) is 18.9 Å². The second-order valence-corrected chi connectivity index (χ2v) is 8.54. The third kappa shape index (κ3) is 4.28. The Hall–Kier alpha value is -2.07. The van der Waals surface area contributed by atoms with Crippen LogP contribution in [0.15, 0.2) is 28.3 Å². The number of aromatic hydroxyl groups is 1. The number of methoxy groups -OCH3 is 2. The molecule has 1 aliphatic rings. The molecule has 29 heavy (non-hydrogen) atoms. The summed E-state index contributed by atoms with van der Waals surface area (Å²) in [5.41, 5.74) is -6.91. The summed E-state index contributed by atoms with van der Waals surface area (Å²) in [7, 11) is -3.74. The summed E-state index contributed by atoms with van der Waals surface area (Å²) >= 11 is 1.43. The van der Waals surface area contributed by atoms with Gasteiger partial charge in [-0.25, -0.2) is 18.0 Å². The van der Waals surface area contributed by atoms with Gasteiger partial charge in [0.1, 0.15) is 12.4 Å². The second-order valence-electron chi connectivity index (χ2n) is 5.44. The first-order valence-electron chi connectivity index (χ1n) is 7.45. The van der Waals surface area contributed by atoms with Gasteiger partial charge in [-0.1, -0.05) is 0 Å². The molecule has 0 radical (unpaired) electrons. The Kier molecular flexibility index (Phi) is 6.68. The molecule has 0 saturated carbocycles. The van der Waals surface area contributed by atoms with E-state index in [4.69, 9.17) is 4.74 Å². The molecule has 0 unspecified atom stereocenters. The summed E-state index contributed by atoms with van der Waals surface area (Å²) in [6.07, 6.45) is 0. The van der Waals surface area contributed by atoms with E-state index in [1.807, 2.05) is 0 Å². The fourth-order valence-corrected chi connectivity index (χ4v) is 4.02. The fourth-order valence-electron chi connectivity index (χ4n) is 2.39. The van der Waals surface area contributed by atoms with Crippen molar-refractivity contribution < 1.29 is 50.5 Å². The van der Waals surface area contributed by atoms with Gasteiger partial charge in [0.05, 0.1) is 40.6 Å². The number of carbonyl (C=O) groups is 2. The molecule has 9 nitrogen and oxygen atoms in total. The van der Waals surface area contributed by atoms with Crippen molar-refractivity contribution in [3.63, 3.8) is 0 Å². The number of rotatable bonds is 4. The Morgan fingerprint density at radius 1 is 1.21 bits per heavy atom. The van der Waals surface area contributed by atoms with Crippen molar-refractivity contribution in [2.75, 3.05) is 32.5 Å². The maximum Gasteiger partial charge on any atom is 0.501 e. The number of anilines is 1. The topological polar surface area (TPSA) is 119 Å². The Bertz CT molecular complexity index is 990. The summed E-state index contributed by atoms with van der Waals surface area (Å²) in [4.78, 5) is 23.9. The molecule has 2 rings (SSSR count). The van der Waals surface area contributed by atoms with Gasteiger partial charge in [-0.3, -0.25) is 0 Å². The lowest BCUT2D eigenvalue weighted by atomic mass is 10.1. The van der Waals surface area contributed by atoms with E-state index in [1.165, 1.54) is 22.6 Å². The highest BCUT2D eigenvalue weighted by molar-refractivity contribution is 14.1. The Morgan fingerprint density at radius 3 is 2.31 bits per heavy atom. The van der Waals surface area contributed by atoms with Crippen molar-refractivity contribution in [1.82, 2.24) is 0 Å². The first-order valence-corrected chi connectivity index (χ1v) is 10.0. The van der Waals surface area contributed by atoms with Gasteiger partial charge in [-0.15, -0.1) is 0 Å². The summed E-state index contributed by atoms with van der Waals surface area (Å²) in [6, 6.07) is 1.14. The first-order chi connectivity index (χ1) is 13.4. The SMILES string of the molecule is COC(=O)C1=C(C(=O)OC)N(c2cc(S(=O)(=O)C(F)(F)F)cc(I)c2O)COC1. The van der Waals surface area contributed by atoms with Crippen LogP contribution in [-0.2, 0) is 33.6 Å². The number of halogens is 4. The van der Waals surface area contributed by atoms with Gasteiger partial charge >= 0.3 is 17.4 Å². The van der Waals surface area contributed by atoms with Crippen LogP contribution in [0.25, 0.3) is 0 Å². The normalized spacial score (nSPS) is 15.3. The molecule has 160 valence electrons. The molecule has 0 saturated heterocycles. The van der Waals surface area contributed by atoms with E-state index in [1.54, 1.807) is 0 Å². The number of alkyl halides is 3. The van der Waals surface area contributed by atoms with Gasteiger partial charge < -0.3 is 24.2 Å². The van der Waals surface area contributed by atoms with Crippen LogP contribution in [0.1, 0.15) is 0 Å². The van der Waals surface area contributed by atoms with E-state index >= 15 is 0 Å². The molecule has 1 N–H and O–H groups in total. The molecule has 0 bridgehead atoms. The molecule has 0 spiro atoms. The molecular weight excluding hydrogens is 538 g/mol. The smallest absolute Gasteiger partial charge is 0.501 e. The van der Waals surface area contributed by atoms with Gasteiger partial charge in [0, 0.05) is 0 Å². The van der Waals surface area contributed by atoms with Crippen LogP contribution in [0.2, 0.25) is 0 Å². The molecule has 1 aromatic carbocycles. The van der Waals surface area contributed by atoms with E-state index in [0.29, 0.717) is 12.1 Å². The number of phenols is 1. The van der Waals surface area contributed by atoms with E-state index in [9.17, 15) is 36.3 Å². The Labute approximate surface area is 176 Å². The predicted octanol–water partition coefficient (Wildman–Crippen LogP) is 1.68. The molecule has 14 heteroatoms. The minimum atomic E-state index is -5.76. The van der Waals surface area contributed by atoms with E-state index < -0.39 is 56.0 Å². The molecule has 1 aliphatic heterocycles. The standard InChI is InChI=1S/C15H13F3INO8S/c1-26-13(22)8-5-28-6-20(11(8)14(23)27-2)10-4-7(3-9(19)12(10)21)29(24,25)15(16,17)18/h3-4,21H,5-6H2,1-2H3. The number of carbonyl (C=O) groups excluding carboxylic acids is 2. The lowest BCUT2D eigenvalue weighted by Gasteiger charge is -2.32. The number of sulfone groups is 1. The predicted molar refractivity (Wildman–Crippen MR) is 98.4 cm³/mol. The minimum absolute atomic E-state index is 0.252. The molecule has 0 aliphatic carbocycles. The molecule has 0 atom stereocenters. The first kappa shape index (κ1) is 23.2. The van der Waals surface area contributed by atoms with E-state index in [0.717, 1.165) is 19.1 Å². The highest BCUT2D eigenvalue weighted by Crippen LogP contribution is 2.41. The van der Waals surface area contributed by atoms with Crippen molar-refractivity contribution in [2.24, 2.45) is 0 Å². The summed E-state index contributed by atoms with van der Waals surface area (Å²) in [6.45, 7) is -0.879. The molecular formula is C15H13F3INO8S. The number of hydrogen-bond donors (Lipinski definition) is 1. The van der Waals surface area contributed by atoms with Crippen LogP contribution in [0.5, 0.6) is 5.75 Å². The monoisotopic (exact) mass is 551 g/mol. The highest BCUT2D eigenvalue weighted by atomic mass is 127. The number of benzene rings is 1. The van der Waals surface area contributed by atoms with Crippen LogP contribution in [0, 0.1) is 3.57 Å². The van der Waals surface area contributed by atoms with Gasteiger partial charge in [-0.05, 0) is 34.7 Å². The zero-order valence-corrected chi connectivity index (χ0v) is 17.7. The van der Waals surface area contributed by atoms with Gasteiger partial charge in [-0.2, -0.15) is 13.2 Å². The number of esters is 2. The van der Waals surface area contributed by atoms with Crippen LogP contribution >= 0.6 is 22.6 Å². The minimum Gasteiger partial charge on any atom is -0.505 e. The average molecular weight is 551 g/mol. The van der Waals surface area contributed by atoms with Gasteiger partial charge in [0.25, 0.3) is 9.84 Å². The summed E-state index contributed by atoms with van der Waals surface area (Å²) in [5.74, 6) is -2.70. The molecule has 0 aromatic heterocycles. The largest absolute Gasteiger partial charge is 0.505 e. The molecule has 0 fully saturated rings. The number of nitrogens with zero attached hydrogens (tertiary/aromatic N) is 1. The lowest BCUT2D eigenvalue weighted by Crippen LogP contribution is -2.39. The highest BCUT2D eigenvalue weighted by Gasteiger charge is 2.47. The average Bonchev–Trinajstić information content (AvgIpc) is 2.67. The zero-order valence-electron chi connectivity index (χ0n) is 14.7. The van der Waals surface area contributed by atoms with Crippen molar-refractivity contribution in [1.29, 1.82) is 0 Å². The summed E-state index contributed by atoms with van der Waals surface area (Å²) < 4.78 is 76.6. The summed E-state index contributed by atoms with van der Waals surface area (Å²) in [5, 5.41) is 10.3. The maximum absolute atomic E-state index is 13.0. The Morgan fingerprint density at radius 2 is 1.79 bits per heavy atom. The van der Waals surface area contributed by atoms with E-state index in [2.05, 4.69) is 9.47 Å². The number of ether oxygens (including phenoxy) is 3. The molecule has 1 heterocycles. The van der Waals surface area contributed by atoms with Gasteiger partial charge in [0.15, 0.2) is 5.75 Å². The van der Waals surface area contributed by atoms with Crippen molar-refractivity contribution >= 4 is 50.1 Å². The van der Waals surface area contributed by atoms with Crippen molar-refractivity contribution in [3.8, 4) is 5.75 Å². The quantitative estimate of drug-likeness (QED) is 0.441. The lowest BCUT2D eigenvalue weighted by molar-refractivity contribution is -0.140. The van der Waals surface area contributed by atoms with Gasteiger partial charge in [0.2, 0.25) is 0 Å². The molecule has 0 amide bonds. The Balaban J connectivity index is 2.78. The van der Waals surface area contributed by atoms with Crippen molar-refractivity contribution in [2.45, 2.75) is 10.4 Å². The van der Waals surface area contributed by atoms with E-state index in [-0.39, 0.29) is 15.8 Å². The van der Waals surface area contributed by atoms with Crippen LogP contribution in [0.3, 0.4) is 0 Å². The van der Waals surface area contributed by atoms with Crippen LogP contribution in [-0.4, -0.2) is 58.5 Å². The maximum atomic E-state index is 13.0. The zero-order chi connectivity index (χ0) is 22.1. The van der Waals surface area contributed by atoms with Crippen LogP contribution < -0.4 is 4.90 Å². The number of hydrogen-bond acceptors (Lipinski definition) is 9. The second kappa shape index (κ2) is 8.35. The third-order valence-corrected chi connectivity index (χ3v) is 6.04. The fraction of sp³-hybridized carbons (Fsp3) is 0.333. The van der Waals surface area contributed by atoms with Crippen molar-refractivity contribution in [3.05, 3.63) is 27.0 Å². The third-order valence-electron chi connectivity index (χ3n) is 3.76. The number of phenolic OH excluding ortho intramolecular Hbond substituents is 1.